The molecule has 0 aliphatic heterocycles. The van der Waals surface area contributed by atoms with Gasteiger partial charge in [-0.1, -0.05) is 43.3 Å². The Kier molecular flexibility index (Phi) is 9.61. The molecular formula is C19H30IN5O. The molecule has 7 heteroatoms. The van der Waals surface area contributed by atoms with Crippen LogP contribution >= 0.6 is 24.0 Å². The molecule has 26 heavy (non-hydrogen) atoms. The van der Waals surface area contributed by atoms with Crippen molar-refractivity contribution in [2.24, 2.45) is 4.99 Å². The van der Waals surface area contributed by atoms with Crippen LogP contribution in [0.15, 0.2) is 33.8 Å². The molecule has 0 bridgehead atoms. The van der Waals surface area contributed by atoms with Gasteiger partial charge in [-0.3, -0.25) is 4.99 Å². The fraction of sp³-hybridized carbons (Fsp3) is 0.526. The van der Waals surface area contributed by atoms with Crippen molar-refractivity contribution < 1.29 is 4.52 Å². The summed E-state index contributed by atoms with van der Waals surface area (Å²) in [4.78, 5) is 11.2. The molecule has 2 aromatic rings. The summed E-state index contributed by atoms with van der Waals surface area (Å²) < 4.78 is 5.28. The Labute approximate surface area is 173 Å². The molecule has 144 valence electrons. The molecular weight excluding hydrogens is 441 g/mol. The van der Waals surface area contributed by atoms with E-state index in [-0.39, 0.29) is 29.9 Å². The molecule has 6 nitrogen and oxygen atoms in total. The van der Waals surface area contributed by atoms with Crippen LogP contribution in [0.2, 0.25) is 0 Å². The van der Waals surface area contributed by atoms with E-state index in [4.69, 9.17) is 9.52 Å². The molecule has 0 amide bonds. The molecule has 0 aliphatic rings. The van der Waals surface area contributed by atoms with Gasteiger partial charge in [-0.15, -0.1) is 24.0 Å². The zero-order chi connectivity index (χ0) is 18.2. The second kappa shape index (κ2) is 11.2. The maximum Gasteiger partial charge on any atom is 0.228 e. The topological polar surface area (TPSA) is 66.5 Å². The number of nitrogens with one attached hydrogen (secondary N) is 1. The summed E-state index contributed by atoms with van der Waals surface area (Å²) in [6.07, 6.45) is 0.646. The number of nitrogens with zero attached hydrogens (tertiary/aromatic N) is 4. The van der Waals surface area contributed by atoms with E-state index in [1.807, 2.05) is 0 Å². The summed E-state index contributed by atoms with van der Waals surface area (Å²) >= 11 is 0. The van der Waals surface area contributed by atoms with Crippen molar-refractivity contribution in [2.45, 2.75) is 46.6 Å². The van der Waals surface area contributed by atoms with Crippen molar-refractivity contribution in [1.29, 1.82) is 0 Å². The van der Waals surface area contributed by atoms with Gasteiger partial charge in [0.2, 0.25) is 5.89 Å². The van der Waals surface area contributed by atoms with E-state index < -0.39 is 0 Å². The van der Waals surface area contributed by atoms with E-state index >= 15 is 0 Å². The standard InChI is InChI=1S/C19H29N5O.HI/c1-6-20-19(24(5)13-16-10-8-7-9-15(16)4)21-12-11-17-22-18(14(2)3)23-25-17;/h7-10,14H,6,11-13H2,1-5H3,(H,20,21);1H. The smallest absolute Gasteiger partial charge is 0.228 e. The predicted molar refractivity (Wildman–Crippen MR) is 116 cm³/mol. The molecule has 0 saturated carbocycles. The third kappa shape index (κ3) is 6.59. The first-order valence-electron chi connectivity index (χ1n) is 8.87. The van der Waals surface area contributed by atoms with Gasteiger partial charge < -0.3 is 14.7 Å². The van der Waals surface area contributed by atoms with Gasteiger partial charge in [0.1, 0.15) is 0 Å². The Morgan fingerprint density at radius 2 is 2.04 bits per heavy atom. The fourth-order valence-corrected chi connectivity index (χ4v) is 2.45. The number of aliphatic imine (C=N–C) groups is 1. The Bertz CT molecular complexity index is 699. The molecule has 1 aromatic heterocycles. The van der Waals surface area contributed by atoms with Crippen LogP contribution in [-0.4, -0.2) is 41.1 Å². The second-order valence-electron chi connectivity index (χ2n) is 6.47. The van der Waals surface area contributed by atoms with Crippen LogP contribution in [-0.2, 0) is 13.0 Å². The van der Waals surface area contributed by atoms with Gasteiger partial charge in [0.05, 0.1) is 6.54 Å². The average molecular weight is 471 g/mol. The number of hydrogen-bond acceptors (Lipinski definition) is 4. The molecule has 1 aromatic carbocycles. The van der Waals surface area contributed by atoms with Crippen LogP contribution in [0.1, 0.15) is 49.5 Å². The van der Waals surface area contributed by atoms with Crippen molar-refractivity contribution in [1.82, 2.24) is 20.4 Å². The maximum absolute atomic E-state index is 5.28. The maximum atomic E-state index is 5.28. The Morgan fingerprint density at radius 3 is 2.65 bits per heavy atom. The van der Waals surface area contributed by atoms with Crippen molar-refractivity contribution in [2.75, 3.05) is 20.1 Å². The lowest BCUT2D eigenvalue weighted by molar-refractivity contribution is 0.372. The summed E-state index contributed by atoms with van der Waals surface area (Å²) in [5, 5.41) is 7.33. The monoisotopic (exact) mass is 471 g/mol. The lowest BCUT2D eigenvalue weighted by atomic mass is 10.1. The zero-order valence-electron chi connectivity index (χ0n) is 16.3. The minimum Gasteiger partial charge on any atom is -0.357 e. The Hall–Kier alpha value is -1.64. The highest BCUT2D eigenvalue weighted by Gasteiger charge is 2.11. The molecule has 1 N–H and O–H groups in total. The lowest BCUT2D eigenvalue weighted by Gasteiger charge is -2.23. The Morgan fingerprint density at radius 1 is 1.31 bits per heavy atom. The number of halogens is 1. The number of aryl methyl sites for hydroxylation is 1. The molecule has 0 aliphatic carbocycles. The van der Waals surface area contributed by atoms with Crippen LogP contribution in [0.3, 0.4) is 0 Å². The number of hydrogen-bond donors (Lipinski definition) is 1. The zero-order valence-corrected chi connectivity index (χ0v) is 18.7. The predicted octanol–water partition coefficient (Wildman–Crippen LogP) is 3.76. The molecule has 0 unspecified atom stereocenters. The number of benzene rings is 1. The van der Waals surface area contributed by atoms with Gasteiger partial charge in [-0.05, 0) is 25.0 Å². The van der Waals surface area contributed by atoms with E-state index in [0.717, 1.165) is 24.9 Å². The minimum absolute atomic E-state index is 0. The molecule has 0 fully saturated rings. The van der Waals surface area contributed by atoms with E-state index in [2.05, 4.69) is 79.4 Å². The van der Waals surface area contributed by atoms with Gasteiger partial charge in [-0.25, -0.2) is 0 Å². The first-order valence-corrected chi connectivity index (χ1v) is 8.87. The summed E-state index contributed by atoms with van der Waals surface area (Å²) in [6, 6.07) is 8.42. The van der Waals surface area contributed by atoms with Crippen LogP contribution in [0.4, 0.5) is 0 Å². The molecule has 0 radical (unpaired) electrons. The van der Waals surface area contributed by atoms with Crippen LogP contribution in [0.5, 0.6) is 0 Å². The SMILES string of the molecule is CCNC(=NCCc1nc(C(C)C)no1)N(C)Cc1ccccc1C.I. The van der Waals surface area contributed by atoms with Crippen molar-refractivity contribution in [3.8, 4) is 0 Å². The molecule has 2 rings (SSSR count). The highest BCUT2D eigenvalue weighted by Crippen LogP contribution is 2.11. The van der Waals surface area contributed by atoms with Gasteiger partial charge in [0, 0.05) is 32.5 Å². The molecule has 0 saturated heterocycles. The minimum atomic E-state index is 0. The molecule has 0 spiro atoms. The average Bonchev–Trinajstić information content (AvgIpc) is 3.05. The van der Waals surface area contributed by atoms with Gasteiger partial charge >= 0.3 is 0 Å². The molecule has 0 atom stereocenters. The summed E-state index contributed by atoms with van der Waals surface area (Å²) in [6.45, 7) is 10.6. The third-order valence-electron chi connectivity index (χ3n) is 3.95. The van der Waals surface area contributed by atoms with Crippen LogP contribution in [0, 0.1) is 6.92 Å². The number of guanidine groups is 1. The fourth-order valence-electron chi connectivity index (χ4n) is 2.45. The summed E-state index contributed by atoms with van der Waals surface area (Å²) in [7, 11) is 2.05. The van der Waals surface area contributed by atoms with E-state index in [1.54, 1.807) is 0 Å². The summed E-state index contributed by atoms with van der Waals surface area (Å²) in [5.74, 6) is 2.56. The second-order valence-corrected chi connectivity index (χ2v) is 6.47. The first kappa shape index (κ1) is 22.4. The van der Waals surface area contributed by atoms with Crippen molar-refractivity contribution in [3.05, 3.63) is 47.1 Å². The van der Waals surface area contributed by atoms with Crippen LogP contribution < -0.4 is 5.32 Å². The third-order valence-corrected chi connectivity index (χ3v) is 3.95. The quantitative estimate of drug-likeness (QED) is 0.379. The lowest BCUT2D eigenvalue weighted by Crippen LogP contribution is -2.38. The van der Waals surface area contributed by atoms with Gasteiger partial charge in [-0.2, -0.15) is 4.98 Å². The molecule has 1 heterocycles. The highest BCUT2D eigenvalue weighted by atomic mass is 127. The van der Waals surface area contributed by atoms with Crippen LogP contribution in [0.25, 0.3) is 0 Å². The van der Waals surface area contributed by atoms with E-state index in [1.165, 1.54) is 11.1 Å². The Balaban J connectivity index is 0.00000338. The van der Waals surface area contributed by atoms with Gasteiger partial charge in [0.25, 0.3) is 0 Å². The number of aromatic nitrogens is 2. The van der Waals surface area contributed by atoms with Crippen molar-refractivity contribution in [3.63, 3.8) is 0 Å². The largest absolute Gasteiger partial charge is 0.357 e. The highest BCUT2D eigenvalue weighted by molar-refractivity contribution is 14.0. The summed E-state index contributed by atoms with van der Waals surface area (Å²) in [5.41, 5.74) is 2.59. The normalized spacial score (nSPS) is 11.4. The number of rotatable bonds is 7. The van der Waals surface area contributed by atoms with E-state index in [9.17, 15) is 0 Å². The first-order chi connectivity index (χ1) is 12.0. The van der Waals surface area contributed by atoms with Crippen molar-refractivity contribution >= 4 is 29.9 Å². The van der Waals surface area contributed by atoms with E-state index in [0.29, 0.717) is 18.9 Å². The van der Waals surface area contributed by atoms with Gasteiger partial charge in [0.15, 0.2) is 11.8 Å².